The summed E-state index contributed by atoms with van der Waals surface area (Å²) >= 11 is 4.97. The number of thioether (sulfide) groups is 1. The number of hydrogen-bond donors (Lipinski definition) is 0. The topological polar surface area (TPSA) is 17.1 Å². The predicted octanol–water partition coefficient (Wildman–Crippen LogP) is 4.93. The van der Waals surface area contributed by atoms with Crippen molar-refractivity contribution in [1.29, 1.82) is 0 Å². The van der Waals surface area contributed by atoms with E-state index in [-0.39, 0.29) is 22.4 Å². The number of carbonyl (C=O) groups is 1. The average Bonchev–Trinajstić information content (AvgIpc) is 2.14. The maximum Gasteiger partial charge on any atom is 0.446 e. The van der Waals surface area contributed by atoms with E-state index in [1.165, 1.54) is 25.1 Å². The van der Waals surface area contributed by atoms with Crippen molar-refractivity contribution in [3.63, 3.8) is 0 Å². The number of carbonyl (C=O) groups excluding carboxylic acids is 1. The third kappa shape index (κ3) is 4.78. The van der Waals surface area contributed by atoms with Crippen LogP contribution in [0.3, 0.4) is 0 Å². The first-order chi connectivity index (χ1) is 7.70. The average molecular weight is 439 g/mol. The largest absolute Gasteiger partial charge is 0.446 e. The van der Waals surface area contributed by atoms with Crippen LogP contribution in [0.15, 0.2) is 23.1 Å². The molecule has 1 unspecified atom stereocenters. The highest BCUT2D eigenvalue weighted by Gasteiger charge is 2.29. The molecule has 0 heterocycles. The van der Waals surface area contributed by atoms with E-state index in [2.05, 4.69) is 15.9 Å². The Kier molecular flexibility index (Phi) is 5.33. The second-order valence-corrected chi connectivity index (χ2v) is 6.42. The van der Waals surface area contributed by atoms with Gasteiger partial charge in [-0.05, 0) is 59.0 Å². The van der Waals surface area contributed by atoms with E-state index in [1.54, 1.807) is 0 Å². The summed E-state index contributed by atoms with van der Waals surface area (Å²) in [7, 11) is 0. The van der Waals surface area contributed by atoms with Crippen molar-refractivity contribution >= 4 is 56.1 Å². The maximum atomic E-state index is 12.2. The SMILES string of the molecule is CC(=O)C(Br)c1ccc(SC(F)(F)F)cc1I. The lowest BCUT2D eigenvalue weighted by atomic mass is 10.1. The minimum absolute atomic E-state index is 0.0841. The van der Waals surface area contributed by atoms with E-state index in [4.69, 9.17) is 0 Å². The van der Waals surface area contributed by atoms with Crippen LogP contribution in [0.25, 0.3) is 0 Å². The zero-order valence-electron chi connectivity index (χ0n) is 8.52. The summed E-state index contributed by atoms with van der Waals surface area (Å²) in [6.07, 6.45) is 0. The van der Waals surface area contributed by atoms with Gasteiger partial charge in [-0.2, -0.15) is 13.2 Å². The van der Waals surface area contributed by atoms with Crippen LogP contribution in [0.1, 0.15) is 17.3 Å². The van der Waals surface area contributed by atoms with Gasteiger partial charge in [-0.1, -0.05) is 22.0 Å². The third-order valence-corrected chi connectivity index (χ3v) is 4.63. The van der Waals surface area contributed by atoms with Gasteiger partial charge in [-0.3, -0.25) is 4.79 Å². The summed E-state index contributed by atoms with van der Waals surface area (Å²) in [5.41, 5.74) is -3.61. The van der Waals surface area contributed by atoms with Gasteiger partial charge in [0.1, 0.15) is 5.78 Å². The predicted molar refractivity (Wildman–Crippen MR) is 73.4 cm³/mol. The molecule has 7 heteroatoms. The van der Waals surface area contributed by atoms with Gasteiger partial charge >= 0.3 is 5.51 Å². The number of alkyl halides is 4. The van der Waals surface area contributed by atoms with Crippen molar-refractivity contribution in [2.24, 2.45) is 0 Å². The molecular weight excluding hydrogens is 432 g/mol. The van der Waals surface area contributed by atoms with Gasteiger partial charge in [0.2, 0.25) is 0 Å². The van der Waals surface area contributed by atoms with Crippen molar-refractivity contribution in [2.45, 2.75) is 22.2 Å². The minimum atomic E-state index is -4.29. The Balaban J connectivity index is 2.98. The summed E-state index contributed by atoms with van der Waals surface area (Å²) in [5, 5.41) is 0. The normalized spacial score (nSPS) is 13.5. The lowest BCUT2D eigenvalue weighted by molar-refractivity contribution is -0.116. The molecule has 17 heavy (non-hydrogen) atoms. The van der Waals surface area contributed by atoms with Crippen molar-refractivity contribution in [3.8, 4) is 0 Å². The lowest BCUT2D eigenvalue weighted by Gasteiger charge is -2.11. The molecule has 94 valence electrons. The van der Waals surface area contributed by atoms with Gasteiger partial charge in [-0.25, -0.2) is 0 Å². The van der Waals surface area contributed by atoms with Gasteiger partial charge < -0.3 is 0 Å². The standard InChI is InChI=1S/C10H7BrF3IOS/c1-5(16)9(11)7-3-2-6(4-8(7)15)17-10(12,13)14/h2-4,9H,1H3. The number of halogens is 5. The number of rotatable bonds is 3. The highest BCUT2D eigenvalue weighted by Crippen LogP contribution is 2.39. The van der Waals surface area contributed by atoms with Crippen molar-refractivity contribution in [2.75, 3.05) is 0 Å². The van der Waals surface area contributed by atoms with Crippen LogP contribution >= 0.6 is 50.3 Å². The number of Topliss-reactive ketones (excluding diaryl/α,β-unsaturated/α-hetero) is 1. The number of hydrogen-bond acceptors (Lipinski definition) is 2. The van der Waals surface area contributed by atoms with Gasteiger partial charge in [0.15, 0.2) is 0 Å². The van der Waals surface area contributed by atoms with E-state index in [9.17, 15) is 18.0 Å². The molecule has 0 radical (unpaired) electrons. The van der Waals surface area contributed by atoms with E-state index in [1.807, 2.05) is 22.6 Å². The quantitative estimate of drug-likeness (QED) is 0.378. The number of benzene rings is 1. The molecule has 0 aliphatic heterocycles. The Morgan fingerprint density at radius 1 is 1.47 bits per heavy atom. The Bertz CT molecular complexity index is 436. The molecule has 0 amide bonds. The molecule has 0 aliphatic carbocycles. The molecule has 0 aliphatic rings. The Morgan fingerprint density at radius 2 is 2.06 bits per heavy atom. The van der Waals surface area contributed by atoms with E-state index < -0.39 is 10.3 Å². The molecule has 0 aromatic heterocycles. The molecule has 1 aromatic rings. The van der Waals surface area contributed by atoms with Gasteiger partial charge in [0.25, 0.3) is 0 Å². The zero-order chi connectivity index (χ0) is 13.2. The van der Waals surface area contributed by atoms with Crippen molar-refractivity contribution < 1.29 is 18.0 Å². The van der Waals surface area contributed by atoms with Crippen molar-refractivity contribution in [1.82, 2.24) is 0 Å². The van der Waals surface area contributed by atoms with Crippen LogP contribution in [-0.2, 0) is 4.79 Å². The molecule has 0 N–H and O–H groups in total. The monoisotopic (exact) mass is 438 g/mol. The maximum absolute atomic E-state index is 12.2. The summed E-state index contributed by atoms with van der Waals surface area (Å²) in [6, 6.07) is 4.33. The van der Waals surface area contributed by atoms with Crippen LogP contribution < -0.4 is 0 Å². The fraction of sp³-hybridized carbons (Fsp3) is 0.300. The first kappa shape index (κ1) is 15.3. The third-order valence-electron chi connectivity index (χ3n) is 1.84. The molecule has 1 atom stereocenters. The second kappa shape index (κ2) is 5.92. The Morgan fingerprint density at radius 3 is 2.47 bits per heavy atom. The lowest BCUT2D eigenvalue weighted by Crippen LogP contribution is -2.04. The molecule has 0 saturated heterocycles. The van der Waals surface area contributed by atoms with E-state index in [0.29, 0.717) is 9.13 Å². The van der Waals surface area contributed by atoms with E-state index >= 15 is 0 Å². The van der Waals surface area contributed by atoms with Crippen molar-refractivity contribution in [3.05, 3.63) is 27.3 Å². The summed E-state index contributed by atoms with van der Waals surface area (Å²) in [5.74, 6) is -0.0841. The highest BCUT2D eigenvalue weighted by molar-refractivity contribution is 14.1. The molecule has 1 rings (SSSR count). The van der Waals surface area contributed by atoms with Gasteiger partial charge in [0, 0.05) is 8.47 Å². The van der Waals surface area contributed by atoms with Crippen LogP contribution in [0.2, 0.25) is 0 Å². The molecule has 0 fully saturated rings. The molecule has 0 saturated carbocycles. The molecule has 1 aromatic carbocycles. The molecule has 1 nitrogen and oxygen atoms in total. The van der Waals surface area contributed by atoms with Gasteiger partial charge in [0.05, 0.1) is 4.83 Å². The van der Waals surface area contributed by atoms with Crippen LogP contribution in [0.4, 0.5) is 13.2 Å². The molecular formula is C10H7BrF3IOS. The van der Waals surface area contributed by atoms with Crippen LogP contribution in [-0.4, -0.2) is 11.3 Å². The molecule has 0 bridgehead atoms. The summed E-state index contributed by atoms with van der Waals surface area (Å²) < 4.78 is 37.1. The molecule has 0 spiro atoms. The fourth-order valence-corrected chi connectivity index (χ4v) is 3.57. The summed E-state index contributed by atoms with van der Waals surface area (Å²) in [6.45, 7) is 1.42. The highest BCUT2D eigenvalue weighted by atomic mass is 127. The van der Waals surface area contributed by atoms with Crippen LogP contribution in [0.5, 0.6) is 0 Å². The van der Waals surface area contributed by atoms with Crippen LogP contribution in [0, 0.1) is 3.57 Å². The smallest absolute Gasteiger partial charge is 0.298 e. The Hall–Kier alpha value is 0.240. The fourth-order valence-electron chi connectivity index (χ4n) is 1.13. The number of ketones is 1. The Labute approximate surface area is 123 Å². The van der Waals surface area contributed by atoms with E-state index in [0.717, 1.165) is 0 Å². The van der Waals surface area contributed by atoms with Gasteiger partial charge in [-0.15, -0.1) is 0 Å². The minimum Gasteiger partial charge on any atom is -0.298 e. The first-order valence-corrected chi connectivity index (χ1v) is 7.21. The second-order valence-electron chi connectivity index (χ2n) is 3.20. The first-order valence-electron chi connectivity index (χ1n) is 4.40. The zero-order valence-corrected chi connectivity index (χ0v) is 13.1. The summed E-state index contributed by atoms with van der Waals surface area (Å²) in [4.78, 5) is 10.8.